The van der Waals surface area contributed by atoms with E-state index in [1.807, 2.05) is 25.1 Å². The summed E-state index contributed by atoms with van der Waals surface area (Å²) < 4.78 is 10.6. The second-order valence-corrected chi connectivity index (χ2v) is 9.33. The van der Waals surface area contributed by atoms with Crippen LogP contribution in [0.4, 0.5) is 4.79 Å². The molecule has 0 radical (unpaired) electrons. The molecule has 9 nitrogen and oxygen atoms in total. The standard InChI is InChI=1S/C29H39N5O4/c1-5-10-21(27(31)34-15-8-7-13-26(34)30)12-9-11-20(3)32-28(35)24-17-23-19-33(29(36)38-6-2)16-14-22(23)18-25(24)37-4/h9-12,17-18,30-31H,5-8,13-16,19H2,1-4H3,(H,32,35)/b12-9-,20-11+,21-10-,30-26?,31-27?. The molecule has 0 bridgehead atoms. The molecule has 204 valence electrons. The van der Waals surface area contributed by atoms with E-state index in [2.05, 4.69) is 5.32 Å². The lowest BCUT2D eigenvalue weighted by Crippen LogP contribution is -2.40. The van der Waals surface area contributed by atoms with Crippen LogP contribution in [-0.2, 0) is 17.7 Å². The Kier molecular flexibility index (Phi) is 10.3. The normalized spacial score (nSPS) is 16.4. The van der Waals surface area contributed by atoms with Crippen molar-refractivity contribution in [3.63, 3.8) is 0 Å². The molecule has 1 fully saturated rings. The molecule has 0 saturated carbocycles. The van der Waals surface area contributed by atoms with E-state index in [0.717, 1.165) is 36.0 Å². The Morgan fingerprint density at radius 3 is 2.61 bits per heavy atom. The minimum absolute atomic E-state index is 0.307. The van der Waals surface area contributed by atoms with Gasteiger partial charge in [-0.25, -0.2) is 4.79 Å². The molecule has 2 aliphatic heterocycles. The van der Waals surface area contributed by atoms with Crippen molar-refractivity contribution in [2.75, 3.05) is 26.8 Å². The molecular weight excluding hydrogens is 482 g/mol. The van der Waals surface area contributed by atoms with E-state index >= 15 is 0 Å². The number of nitrogens with zero attached hydrogens (tertiary/aromatic N) is 2. The summed E-state index contributed by atoms with van der Waals surface area (Å²) in [5, 5.41) is 19.7. The number of hydrogen-bond donors (Lipinski definition) is 3. The Hall–Kier alpha value is -3.88. The third-order valence-corrected chi connectivity index (χ3v) is 6.58. The van der Waals surface area contributed by atoms with Crippen molar-refractivity contribution in [1.29, 1.82) is 10.8 Å². The molecule has 0 aliphatic carbocycles. The lowest BCUT2D eigenvalue weighted by Gasteiger charge is -2.30. The third-order valence-electron chi connectivity index (χ3n) is 6.58. The summed E-state index contributed by atoms with van der Waals surface area (Å²) in [6, 6.07) is 3.66. The fourth-order valence-electron chi connectivity index (χ4n) is 4.59. The minimum atomic E-state index is -0.354. The molecule has 1 aromatic carbocycles. The van der Waals surface area contributed by atoms with Crippen LogP contribution in [0.1, 0.15) is 67.9 Å². The zero-order chi connectivity index (χ0) is 27.7. The number of carbonyl (C=O) groups excluding carboxylic acids is 2. The van der Waals surface area contributed by atoms with Gasteiger partial charge in [-0.2, -0.15) is 0 Å². The number of ether oxygens (including phenoxy) is 2. The first kappa shape index (κ1) is 28.7. The molecule has 3 rings (SSSR count). The molecule has 3 N–H and O–H groups in total. The largest absolute Gasteiger partial charge is 0.496 e. The van der Waals surface area contributed by atoms with Gasteiger partial charge in [-0.3, -0.25) is 15.6 Å². The quantitative estimate of drug-likeness (QED) is 0.248. The third kappa shape index (κ3) is 7.12. The number of methoxy groups -OCH3 is 1. The Labute approximate surface area is 225 Å². The van der Waals surface area contributed by atoms with Crippen molar-refractivity contribution in [2.45, 2.75) is 59.4 Å². The maximum absolute atomic E-state index is 13.2. The fourth-order valence-corrected chi connectivity index (χ4v) is 4.59. The molecule has 38 heavy (non-hydrogen) atoms. The lowest BCUT2D eigenvalue weighted by atomic mass is 9.96. The van der Waals surface area contributed by atoms with Crippen molar-refractivity contribution < 1.29 is 19.1 Å². The summed E-state index contributed by atoms with van der Waals surface area (Å²) in [6.45, 7) is 7.53. The molecule has 0 aromatic heterocycles. The van der Waals surface area contributed by atoms with E-state index < -0.39 is 0 Å². The van der Waals surface area contributed by atoms with Crippen LogP contribution >= 0.6 is 0 Å². The predicted molar refractivity (Wildman–Crippen MR) is 149 cm³/mol. The molecular formula is C29H39N5O4. The maximum Gasteiger partial charge on any atom is 0.410 e. The Balaban J connectivity index is 1.72. The van der Waals surface area contributed by atoms with Gasteiger partial charge in [0, 0.05) is 37.3 Å². The highest BCUT2D eigenvalue weighted by Crippen LogP contribution is 2.28. The number of likely N-dealkylation sites (tertiary alicyclic amines) is 1. The van der Waals surface area contributed by atoms with E-state index in [0.29, 0.717) is 67.8 Å². The summed E-state index contributed by atoms with van der Waals surface area (Å²) in [4.78, 5) is 28.7. The Morgan fingerprint density at radius 2 is 1.92 bits per heavy atom. The van der Waals surface area contributed by atoms with Gasteiger partial charge in [-0.05, 0) is 68.9 Å². The maximum atomic E-state index is 13.2. The number of fused-ring (bicyclic) bond motifs is 1. The number of carbonyl (C=O) groups is 2. The summed E-state index contributed by atoms with van der Waals surface area (Å²) >= 11 is 0. The summed E-state index contributed by atoms with van der Waals surface area (Å²) in [6.07, 6.45) is 11.1. The SMILES string of the molecule is CC/C=C(/C=C\C=C(/C)NC(=O)c1cc2c(cc1OC)CCN(C(=O)OCC)C2)C(=N)N1CCCCC1=N. The van der Waals surface area contributed by atoms with Crippen molar-refractivity contribution in [3.05, 3.63) is 64.4 Å². The van der Waals surface area contributed by atoms with Crippen LogP contribution < -0.4 is 10.1 Å². The number of piperidine rings is 1. The van der Waals surface area contributed by atoms with Gasteiger partial charge in [0.2, 0.25) is 0 Å². The van der Waals surface area contributed by atoms with Gasteiger partial charge in [0.1, 0.15) is 17.4 Å². The first-order valence-corrected chi connectivity index (χ1v) is 13.2. The number of rotatable bonds is 8. The number of allylic oxidation sites excluding steroid dienone is 4. The van der Waals surface area contributed by atoms with Crippen molar-refractivity contribution in [3.8, 4) is 5.75 Å². The van der Waals surface area contributed by atoms with E-state index in [9.17, 15) is 9.59 Å². The summed E-state index contributed by atoms with van der Waals surface area (Å²) in [5.74, 6) is 0.997. The van der Waals surface area contributed by atoms with Crippen molar-refractivity contribution >= 4 is 23.7 Å². The molecule has 2 aliphatic rings. The smallest absolute Gasteiger partial charge is 0.410 e. The van der Waals surface area contributed by atoms with Crippen molar-refractivity contribution in [1.82, 2.24) is 15.1 Å². The second kappa shape index (κ2) is 13.6. The number of benzene rings is 1. The molecule has 9 heteroatoms. The molecule has 0 unspecified atom stereocenters. The van der Waals surface area contributed by atoms with Crippen LogP contribution in [0.2, 0.25) is 0 Å². The molecule has 1 aromatic rings. The topological polar surface area (TPSA) is 119 Å². The first-order chi connectivity index (χ1) is 18.3. The monoisotopic (exact) mass is 521 g/mol. The van der Waals surface area contributed by atoms with Crippen LogP contribution in [0.3, 0.4) is 0 Å². The molecule has 0 atom stereocenters. The zero-order valence-corrected chi connectivity index (χ0v) is 22.9. The van der Waals surface area contributed by atoms with Crippen LogP contribution in [0, 0.1) is 10.8 Å². The molecule has 2 amide bonds. The van der Waals surface area contributed by atoms with Gasteiger partial charge < -0.3 is 24.6 Å². The van der Waals surface area contributed by atoms with Gasteiger partial charge in [0.15, 0.2) is 0 Å². The van der Waals surface area contributed by atoms with E-state index in [1.165, 1.54) is 7.11 Å². The summed E-state index contributed by atoms with van der Waals surface area (Å²) in [5.41, 5.74) is 3.72. The van der Waals surface area contributed by atoms with Crippen LogP contribution in [0.15, 0.2) is 47.7 Å². The number of hydrogen-bond acceptors (Lipinski definition) is 6. The van der Waals surface area contributed by atoms with Gasteiger partial charge in [-0.1, -0.05) is 25.2 Å². The highest BCUT2D eigenvalue weighted by molar-refractivity contribution is 6.08. The molecule has 1 saturated heterocycles. The lowest BCUT2D eigenvalue weighted by molar-refractivity contribution is 0.0962. The molecule has 2 heterocycles. The summed E-state index contributed by atoms with van der Waals surface area (Å²) in [7, 11) is 1.54. The highest BCUT2D eigenvalue weighted by atomic mass is 16.6. The number of amides is 2. The van der Waals surface area contributed by atoms with Crippen LogP contribution in [-0.4, -0.2) is 60.3 Å². The molecule has 0 spiro atoms. The van der Waals surface area contributed by atoms with Crippen molar-refractivity contribution in [2.24, 2.45) is 0 Å². The number of nitrogens with one attached hydrogen (secondary N) is 3. The van der Waals surface area contributed by atoms with Gasteiger partial charge in [0.05, 0.1) is 19.3 Å². The zero-order valence-electron chi connectivity index (χ0n) is 22.9. The highest BCUT2D eigenvalue weighted by Gasteiger charge is 2.25. The van der Waals surface area contributed by atoms with Gasteiger partial charge >= 0.3 is 6.09 Å². The second-order valence-electron chi connectivity index (χ2n) is 9.33. The number of amidine groups is 2. The fraction of sp³-hybridized carbons (Fsp3) is 0.448. The first-order valence-electron chi connectivity index (χ1n) is 13.2. The minimum Gasteiger partial charge on any atom is -0.496 e. The average Bonchev–Trinajstić information content (AvgIpc) is 2.91. The van der Waals surface area contributed by atoms with Gasteiger partial charge in [0.25, 0.3) is 5.91 Å². The Bertz CT molecular complexity index is 1170. The van der Waals surface area contributed by atoms with E-state index in [-0.39, 0.29) is 12.0 Å². The van der Waals surface area contributed by atoms with E-state index in [1.54, 1.807) is 41.9 Å². The Morgan fingerprint density at radius 1 is 1.13 bits per heavy atom. The van der Waals surface area contributed by atoms with Gasteiger partial charge in [-0.15, -0.1) is 0 Å². The van der Waals surface area contributed by atoms with Crippen LogP contribution in [0.5, 0.6) is 5.75 Å². The van der Waals surface area contributed by atoms with Crippen LogP contribution in [0.25, 0.3) is 0 Å². The predicted octanol–water partition coefficient (Wildman–Crippen LogP) is 5.18. The average molecular weight is 522 g/mol. The van der Waals surface area contributed by atoms with E-state index in [4.69, 9.17) is 20.3 Å².